The molecule has 0 aliphatic rings. The normalized spacial score (nSPS) is 9.55. The van der Waals surface area contributed by atoms with Crippen molar-refractivity contribution in [1.82, 2.24) is 9.55 Å². The predicted molar refractivity (Wildman–Crippen MR) is 40.9 cm³/mol. The molecule has 5 heteroatoms. The van der Waals surface area contributed by atoms with Gasteiger partial charge in [-0.3, -0.25) is 4.79 Å². The highest BCUT2D eigenvalue weighted by molar-refractivity contribution is 5.78. The first kappa shape index (κ1) is 7.59. The summed E-state index contributed by atoms with van der Waals surface area (Å²) in [5.74, 6) is 0.247. The number of aryl methyl sites for hydroxylation is 1. The van der Waals surface area contributed by atoms with Gasteiger partial charge in [0.05, 0.1) is 6.54 Å². The molecule has 1 amide bonds. The van der Waals surface area contributed by atoms with Gasteiger partial charge in [0.15, 0.2) is 0 Å². The van der Waals surface area contributed by atoms with Crippen LogP contribution in [0.25, 0.3) is 0 Å². The zero-order valence-corrected chi connectivity index (χ0v) is 6.24. The number of aromatic nitrogens is 2. The third-order valence-corrected chi connectivity index (χ3v) is 1.24. The molecule has 3 N–H and O–H groups in total. The Morgan fingerprint density at radius 3 is 3.09 bits per heavy atom. The largest absolute Gasteiger partial charge is 0.368 e. The summed E-state index contributed by atoms with van der Waals surface area (Å²) < 4.78 is 1.77. The van der Waals surface area contributed by atoms with E-state index in [0.717, 1.165) is 0 Å². The summed E-state index contributed by atoms with van der Waals surface area (Å²) in [5, 5.41) is 2.77. The van der Waals surface area contributed by atoms with Crippen molar-refractivity contribution >= 4 is 11.9 Å². The van der Waals surface area contributed by atoms with Crippen molar-refractivity contribution in [2.75, 3.05) is 11.9 Å². The van der Waals surface area contributed by atoms with Gasteiger partial charge in [-0.25, -0.2) is 4.98 Å². The van der Waals surface area contributed by atoms with E-state index in [1.54, 1.807) is 17.0 Å². The van der Waals surface area contributed by atoms with Crippen LogP contribution in [-0.2, 0) is 11.8 Å². The fraction of sp³-hybridized carbons (Fsp3) is 0.333. The Morgan fingerprint density at radius 1 is 1.91 bits per heavy atom. The van der Waals surface area contributed by atoms with Gasteiger partial charge in [-0.2, -0.15) is 0 Å². The Kier molecular flexibility index (Phi) is 2.10. The zero-order chi connectivity index (χ0) is 8.27. The molecular formula is C6H10N4O. The number of nitrogens with zero attached hydrogens (tertiary/aromatic N) is 2. The second kappa shape index (κ2) is 3.05. The van der Waals surface area contributed by atoms with Crippen LogP contribution in [0.3, 0.4) is 0 Å². The molecule has 0 spiro atoms. The molecule has 1 aromatic heterocycles. The maximum absolute atomic E-state index is 10.3. The lowest BCUT2D eigenvalue weighted by Gasteiger charge is -2.01. The molecule has 0 radical (unpaired) electrons. The van der Waals surface area contributed by atoms with Gasteiger partial charge in [-0.05, 0) is 0 Å². The van der Waals surface area contributed by atoms with Gasteiger partial charge >= 0.3 is 0 Å². The topological polar surface area (TPSA) is 72.9 Å². The number of nitrogens with two attached hydrogens (primary N) is 1. The van der Waals surface area contributed by atoms with Crippen LogP contribution in [-0.4, -0.2) is 22.0 Å². The molecule has 0 saturated carbocycles. The molecule has 0 saturated heterocycles. The van der Waals surface area contributed by atoms with Crippen LogP contribution in [0.4, 0.5) is 5.95 Å². The molecule has 1 heterocycles. The summed E-state index contributed by atoms with van der Waals surface area (Å²) in [4.78, 5) is 14.3. The van der Waals surface area contributed by atoms with Crippen LogP contribution < -0.4 is 11.1 Å². The number of imidazole rings is 1. The van der Waals surface area contributed by atoms with E-state index in [4.69, 9.17) is 5.73 Å². The van der Waals surface area contributed by atoms with E-state index >= 15 is 0 Å². The summed E-state index contributed by atoms with van der Waals surface area (Å²) in [6.07, 6.45) is 3.42. The van der Waals surface area contributed by atoms with E-state index in [0.29, 0.717) is 5.95 Å². The first-order chi connectivity index (χ1) is 5.20. The Labute approximate surface area is 64.2 Å². The number of primary amides is 1. The van der Waals surface area contributed by atoms with Gasteiger partial charge in [0.1, 0.15) is 0 Å². The highest BCUT2D eigenvalue weighted by Crippen LogP contribution is 1.98. The molecule has 0 aliphatic carbocycles. The molecule has 1 aromatic rings. The average molecular weight is 154 g/mol. The molecule has 0 bridgehead atoms. The maximum atomic E-state index is 10.3. The van der Waals surface area contributed by atoms with Gasteiger partial charge in [-0.15, -0.1) is 0 Å². The van der Waals surface area contributed by atoms with Gasteiger partial charge in [0, 0.05) is 19.4 Å². The molecule has 0 aromatic carbocycles. The number of anilines is 1. The van der Waals surface area contributed by atoms with Crippen molar-refractivity contribution in [3.8, 4) is 0 Å². The molecular weight excluding hydrogens is 144 g/mol. The van der Waals surface area contributed by atoms with Crippen LogP contribution >= 0.6 is 0 Å². The molecule has 0 fully saturated rings. The molecule has 0 atom stereocenters. The average Bonchev–Trinajstić information content (AvgIpc) is 2.31. The first-order valence-corrected chi connectivity index (χ1v) is 3.19. The second-order valence-electron chi connectivity index (χ2n) is 2.18. The smallest absolute Gasteiger partial charge is 0.236 e. The minimum absolute atomic E-state index is 0.116. The molecule has 5 nitrogen and oxygen atoms in total. The van der Waals surface area contributed by atoms with Gasteiger partial charge < -0.3 is 15.6 Å². The van der Waals surface area contributed by atoms with E-state index in [9.17, 15) is 4.79 Å². The van der Waals surface area contributed by atoms with E-state index in [1.807, 2.05) is 7.05 Å². The fourth-order valence-corrected chi connectivity index (χ4v) is 0.702. The number of rotatable bonds is 3. The summed E-state index contributed by atoms with van der Waals surface area (Å²) in [7, 11) is 1.83. The van der Waals surface area contributed by atoms with Crippen LogP contribution in [0.15, 0.2) is 12.4 Å². The van der Waals surface area contributed by atoms with Crippen LogP contribution in [0, 0.1) is 0 Å². The SMILES string of the molecule is Cn1ccnc1NCC(N)=O. The Morgan fingerprint density at radius 2 is 2.64 bits per heavy atom. The van der Waals surface area contributed by atoms with Gasteiger partial charge in [-0.1, -0.05) is 0 Å². The first-order valence-electron chi connectivity index (χ1n) is 3.19. The zero-order valence-electron chi connectivity index (χ0n) is 6.24. The van der Waals surface area contributed by atoms with Gasteiger partial charge in [0.25, 0.3) is 0 Å². The third-order valence-electron chi connectivity index (χ3n) is 1.24. The number of amides is 1. The molecule has 0 aliphatic heterocycles. The van der Waals surface area contributed by atoms with Crippen molar-refractivity contribution in [3.63, 3.8) is 0 Å². The standard InChI is InChI=1S/C6H10N4O/c1-10-3-2-8-6(10)9-4-5(7)11/h2-3H,4H2,1H3,(H2,7,11)(H,8,9). The van der Waals surface area contributed by atoms with Crippen LogP contribution in [0.2, 0.25) is 0 Å². The van der Waals surface area contributed by atoms with Crippen molar-refractivity contribution in [2.24, 2.45) is 12.8 Å². The van der Waals surface area contributed by atoms with Gasteiger partial charge in [0.2, 0.25) is 11.9 Å². The number of nitrogens with one attached hydrogen (secondary N) is 1. The highest BCUT2D eigenvalue weighted by atomic mass is 16.1. The van der Waals surface area contributed by atoms with Crippen molar-refractivity contribution in [2.45, 2.75) is 0 Å². The van der Waals surface area contributed by atoms with Crippen LogP contribution in [0.1, 0.15) is 0 Å². The molecule has 11 heavy (non-hydrogen) atoms. The van der Waals surface area contributed by atoms with E-state index < -0.39 is 5.91 Å². The quantitative estimate of drug-likeness (QED) is 0.605. The summed E-state index contributed by atoms with van der Waals surface area (Å²) in [6.45, 7) is 0.116. The predicted octanol–water partition coefficient (Wildman–Crippen LogP) is -0.683. The van der Waals surface area contributed by atoms with Crippen LogP contribution in [0.5, 0.6) is 0 Å². The number of hydrogen-bond donors (Lipinski definition) is 2. The minimum Gasteiger partial charge on any atom is -0.368 e. The number of hydrogen-bond acceptors (Lipinski definition) is 3. The maximum Gasteiger partial charge on any atom is 0.236 e. The van der Waals surface area contributed by atoms with E-state index in [1.165, 1.54) is 0 Å². The lowest BCUT2D eigenvalue weighted by molar-refractivity contribution is -0.116. The lowest BCUT2D eigenvalue weighted by atomic mass is 10.6. The molecule has 0 unspecified atom stereocenters. The van der Waals surface area contributed by atoms with E-state index in [2.05, 4.69) is 10.3 Å². The summed E-state index contributed by atoms with van der Waals surface area (Å²) >= 11 is 0. The Hall–Kier alpha value is -1.52. The monoisotopic (exact) mass is 154 g/mol. The van der Waals surface area contributed by atoms with Crippen molar-refractivity contribution in [3.05, 3.63) is 12.4 Å². The fourth-order valence-electron chi connectivity index (χ4n) is 0.702. The lowest BCUT2D eigenvalue weighted by Crippen LogP contribution is -2.22. The summed E-state index contributed by atoms with van der Waals surface area (Å²) in [5.41, 5.74) is 4.92. The number of carbonyl (C=O) groups excluding carboxylic acids is 1. The third kappa shape index (κ3) is 1.96. The minimum atomic E-state index is -0.395. The van der Waals surface area contributed by atoms with Crippen molar-refractivity contribution < 1.29 is 4.79 Å². The number of carbonyl (C=O) groups is 1. The second-order valence-corrected chi connectivity index (χ2v) is 2.18. The molecule has 60 valence electrons. The Bertz CT molecular complexity index is 255. The summed E-state index contributed by atoms with van der Waals surface area (Å²) in [6, 6.07) is 0. The highest BCUT2D eigenvalue weighted by Gasteiger charge is 1.98. The van der Waals surface area contributed by atoms with E-state index in [-0.39, 0.29) is 6.54 Å². The van der Waals surface area contributed by atoms with Crippen molar-refractivity contribution in [1.29, 1.82) is 0 Å². The molecule has 1 rings (SSSR count). The Balaban J connectivity index is 2.51.